The fraction of sp³-hybridized carbons (Fsp3) is 0.0952. The van der Waals surface area contributed by atoms with Gasteiger partial charge in [0.25, 0.3) is 0 Å². The van der Waals surface area contributed by atoms with E-state index in [1.807, 2.05) is 19.1 Å². The van der Waals surface area contributed by atoms with E-state index < -0.39 is 9.84 Å². The minimum atomic E-state index is -3.76. The highest BCUT2D eigenvalue weighted by molar-refractivity contribution is 7.91. The van der Waals surface area contributed by atoms with Crippen LogP contribution in [0.3, 0.4) is 0 Å². The van der Waals surface area contributed by atoms with Crippen LogP contribution in [0.4, 0.5) is 0 Å². The van der Waals surface area contributed by atoms with Crippen molar-refractivity contribution in [3.8, 4) is 11.5 Å². The zero-order valence-corrected chi connectivity index (χ0v) is 16.4. The first-order valence-corrected chi connectivity index (χ1v) is 10.3. The number of benzene rings is 2. The third-order valence-corrected chi connectivity index (χ3v) is 6.35. The van der Waals surface area contributed by atoms with E-state index in [0.29, 0.717) is 34.0 Å². The topological polar surface area (TPSA) is 99.1 Å². The summed E-state index contributed by atoms with van der Waals surface area (Å²) in [5.41, 5.74) is 3.61. The van der Waals surface area contributed by atoms with Gasteiger partial charge >= 0.3 is 0 Å². The van der Waals surface area contributed by atoms with Crippen molar-refractivity contribution < 1.29 is 17.3 Å². The number of oxazole rings is 2. The number of hydrogen-bond donors (Lipinski definition) is 0. The Morgan fingerprint density at radius 1 is 0.793 bits per heavy atom. The summed E-state index contributed by atoms with van der Waals surface area (Å²) in [6, 6.07) is 13.0. The normalized spacial score (nSPS) is 12.1. The smallest absolute Gasteiger partial charge is 0.228 e. The molecule has 0 radical (unpaired) electrons. The highest BCUT2D eigenvalue weighted by Gasteiger charge is 2.21. The van der Waals surface area contributed by atoms with Crippen molar-refractivity contribution in [3.05, 3.63) is 66.3 Å². The van der Waals surface area contributed by atoms with E-state index in [1.165, 1.54) is 24.3 Å². The molecule has 0 N–H and O–H groups in total. The lowest BCUT2D eigenvalue weighted by molar-refractivity contribution is 0.559. The highest BCUT2D eigenvalue weighted by atomic mass is 32.2. The number of aryl methyl sites for hydroxylation is 2. The lowest BCUT2D eigenvalue weighted by Gasteiger charge is -2.04. The highest BCUT2D eigenvalue weighted by Crippen LogP contribution is 2.29. The molecule has 7 nitrogen and oxygen atoms in total. The van der Waals surface area contributed by atoms with Crippen molar-refractivity contribution in [1.82, 2.24) is 15.0 Å². The molecule has 0 atom stereocenters. The van der Waals surface area contributed by atoms with Gasteiger partial charge in [0.2, 0.25) is 15.7 Å². The van der Waals surface area contributed by atoms with E-state index in [4.69, 9.17) is 8.83 Å². The molecule has 0 fully saturated rings. The van der Waals surface area contributed by atoms with Crippen LogP contribution in [-0.4, -0.2) is 23.4 Å². The first-order valence-electron chi connectivity index (χ1n) is 8.86. The molecule has 0 aliphatic heterocycles. The number of rotatable bonds is 3. The number of nitrogens with zero attached hydrogens (tertiary/aromatic N) is 3. The number of sulfone groups is 1. The molecule has 0 amide bonds. The first-order chi connectivity index (χ1) is 13.9. The van der Waals surface area contributed by atoms with Crippen LogP contribution in [0.1, 0.15) is 11.6 Å². The maximum Gasteiger partial charge on any atom is 0.228 e. The van der Waals surface area contributed by atoms with Gasteiger partial charge in [0, 0.05) is 30.9 Å². The first kappa shape index (κ1) is 17.6. The fourth-order valence-corrected chi connectivity index (χ4v) is 4.40. The molecule has 3 aromatic heterocycles. The molecule has 29 heavy (non-hydrogen) atoms. The zero-order chi connectivity index (χ0) is 20.2. The number of pyridine rings is 1. The van der Waals surface area contributed by atoms with E-state index in [2.05, 4.69) is 15.0 Å². The fourth-order valence-electron chi connectivity index (χ4n) is 3.11. The van der Waals surface area contributed by atoms with Gasteiger partial charge in [0.1, 0.15) is 11.0 Å². The SMILES string of the molecule is Cc1ccc(-c2nc3ccc(S(=O)(=O)c4ccc5nc(C)oc5c4)cc3o2)cn1. The molecule has 0 saturated heterocycles. The number of fused-ring (bicyclic) bond motifs is 2. The van der Waals surface area contributed by atoms with Crippen LogP contribution in [0.25, 0.3) is 33.7 Å². The van der Waals surface area contributed by atoms with Gasteiger partial charge in [-0.2, -0.15) is 0 Å². The molecule has 8 heteroatoms. The Balaban J connectivity index is 1.58. The van der Waals surface area contributed by atoms with Crippen molar-refractivity contribution in [2.24, 2.45) is 0 Å². The van der Waals surface area contributed by atoms with Crippen molar-refractivity contribution in [3.63, 3.8) is 0 Å². The summed E-state index contributed by atoms with van der Waals surface area (Å²) in [6.07, 6.45) is 1.67. The Morgan fingerprint density at radius 2 is 1.45 bits per heavy atom. The molecule has 3 heterocycles. The molecule has 0 spiro atoms. The maximum atomic E-state index is 13.1. The Hall–Kier alpha value is -3.52. The van der Waals surface area contributed by atoms with Gasteiger partial charge < -0.3 is 8.83 Å². The van der Waals surface area contributed by atoms with E-state index >= 15 is 0 Å². The lowest BCUT2D eigenvalue weighted by Crippen LogP contribution is -2.01. The van der Waals surface area contributed by atoms with Crippen LogP contribution < -0.4 is 0 Å². The quantitative estimate of drug-likeness (QED) is 0.436. The van der Waals surface area contributed by atoms with Crippen molar-refractivity contribution >= 4 is 32.0 Å². The predicted molar refractivity (Wildman–Crippen MR) is 106 cm³/mol. The number of aromatic nitrogens is 3. The molecular formula is C21H15N3O4S. The van der Waals surface area contributed by atoms with E-state index in [-0.39, 0.29) is 9.79 Å². The molecule has 2 aromatic carbocycles. The monoisotopic (exact) mass is 405 g/mol. The third-order valence-electron chi connectivity index (χ3n) is 4.61. The summed E-state index contributed by atoms with van der Waals surface area (Å²) in [6.45, 7) is 3.61. The van der Waals surface area contributed by atoms with Gasteiger partial charge in [-0.3, -0.25) is 4.98 Å². The molecule has 5 aromatic rings. The summed E-state index contributed by atoms with van der Waals surface area (Å²) in [5, 5.41) is 0. The third kappa shape index (κ3) is 2.98. The Morgan fingerprint density at radius 3 is 2.10 bits per heavy atom. The molecule has 144 valence electrons. The maximum absolute atomic E-state index is 13.1. The molecule has 0 bridgehead atoms. The second-order valence-corrected chi connectivity index (χ2v) is 8.65. The van der Waals surface area contributed by atoms with Crippen LogP contribution in [0.2, 0.25) is 0 Å². The standard InChI is InChI=1S/C21H15N3O4S/c1-12-3-4-14(11-22-12)21-24-18-8-6-16(10-20(18)28-21)29(25,26)15-5-7-17-19(9-15)27-13(2)23-17/h3-11H,1-2H3. The van der Waals surface area contributed by atoms with E-state index in [9.17, 15) is 8.42 Å². The Labute approximate surface area is 166 Å². The van der Waals surface area contributed by atoms with Gasteiger partial charge in [-0.25, -0.2) is 18.4 Å². The largest absolute Gasteiger partial charge is 0.441 e. The van der Waals surface area contributed by atoms with Gasteiger partial charge in [-0.05, 0) is 43.3 Å². The van der Waals surface area contributed by atoms with Crippen LogP contribution in [-0.2, 0) is 9.84 Å². The van der Waals surface area contributed by atoms with E-state index in [1.54, 1.807) is 25.3 Å². The van der Waals surface area contributed by atoms with Crippen LogP contribution >= 0.6 is 0 Å². The number of hydrogen-bond acceptors (Lipinski definition) is 7. The second kappa shape index (κ2) is 6.25. The van der Waals surface area contributed by atoms with Gasteiger partial charge in [-0.1, -0.05) is 0 Å². The molecule has 0 aliphatic rings. The molecule has 5 rings (SSSR count). The van der Waals surface area contributed by atoms with Gasteiger partial charge in [-0.15, -0.1) is 0 Å². The lowest BCUT2D eigenvalue weighted by atomic mass is 10.2. The predicted octanol–water partition coefficient (Wildman–Crippen LogP) is 4.48. The molecule has 0 aliphatic carbocycles. The summed E-state index contributed by atoms with van der Waals surface area (Å²) in [7, 11) is -3.76. The average Bonchev–Trinajstić information content (AvgIpc) is 3.29. The van der Waals surface area contributed by atoms with Crippen molar-refractivity contribution in [2.75, 3.05) is 0 Å². The van der Waals surface area contributed by atoms with E-state index in [0.717, 1.165) is 11.3 Å². The Kier molecular flexibility index (Phi) is 3.78. The minimum Gasteiger partial charge on any atom is -0.441 e. The summed E-state index contributed by atoms with van der Waals surface area (Å²) >= 11 is 0. The van der Waals surface area contributed by atoms with Crippen LogP contribution in [0.15, 0.2) is 73.4 Å². The average molecular weight is 405 g/mol. The summed E-state index contributed by atoms with van der Waals surface area (Å²) < 4.78 is 37.5. The van der Waals surface area contributed by atoms with Gasteiger partial charge in [0.15, 0.2) is 17.1 Å². The van der Waals surface area contributed by atoms with Crippen molar-refractivity contribution in [1.29, 1.82) is 0 Å². The van der Waals surface area contributed by atoms with Crippen LogP contribution in [0.5, 0.6) is 0 Å². The van der Waals surface area contributed by atoms with Crippen molar-refractivity contribution in [2.45, 2.75) is 23.6 Å². The second-order valence-electron chi connectivity index (χ2n) is 6.70. The minimum absolute atomic E-state index is 0.116. The molecular weight excluding hydrogens is 390 g/mol. The summed E-state index contributed by atoms with van der Waals surface area (Å²) in [5.74, 6) is 0.872. The zero-order valence-electron chi connectivity index (χ0n) is 15.6. The van der Waals surface area contributed by atoms with Gasteiger partial charge in [0.05, 0.1) is 15.4 Å². The molecule has 0 unspecified atom stereocenters. The molecule has 0 saturated carbocycles. The summed E-state index contributed by atoms with van der Waals surface area (Å²) in [4.78, 5) is 13.1. The Bertz CT molecular complexity index is 1480. The van der Waals surface area contributed by atoms with Crippen LogP contribution in [0, 0.1) is 13.8 Å².